The molecule has 0 aliphatic heterocycles. The second-order valence-electron chi connectivity index (χ2n) is 6.38. The minimum absolute atomic E-state index is 0.297. The molecule has 0 N–H and O–H groups in total. The van der Waals surface area contributed by atoms with E-state index in [9.17, 15) is 4.79 Å². The molecular formula is C16H32O3. The van der Waals surface area contributed by atoms with Crippen LogP contribution in [0.2, 0.25) is 0 Å². The summed E-state index contributed by atoms with van der Waals surface area (Å²) in [5.41, 5.74) is 0.297. The molecule has 0 fully saturated rings. The largest absolute Gasteiger partial charge is 0.508 e. The molecular weight excluding hydrogens is 240 g/mol. The molecule has 0 aromatic heterocycles. The van der Waals surface area contributed by atoms with Gasteiger partial charge in [0.25, 0.3) is 0 Å². The highest BCUT2D eigenvalue weighted by Gasteiger charge is 2.10. The maximum atomic E-state index is 11.3. The first kappa shape index (κ1) is 18.3. The summed E-state index contributed by atoms with van der Waals surface area (Å²) in [6.07, 6.45) is 8.60. The van der Waals surface area contributed by atoms with Crippen molar-refractivity contribution in [2.24, 2.45) is 5.41 Å². The first-order chi connectivity index (χ1) is 8.95. The summed E-state index contributed by atoms with van der Waals surface area (Å²) in [6, 6.07) is 0. The summed E-state index contributed by atoms with van der Waals surface area (Å²) in [4.78, 5) is 11.3. The lowest BCUT2D eigenvalue weighted by molar-refractivity contribution is 0.0512. The number of unbranched alkanes of at least 4 members (excludes halogenated alkanes) is 5. The van der Waals surface area contributed by atoms with Crippen LogP contribution in [-0.4, -0.2) is 19.4 Å². The molecule has 3 nitrogen and oxygen atoms in total. The Labute approximate surface area is 119 Å². The number of ether oxygens (including phenoxy) is 2. The van der Waals surface area contributed by atoms with Gasteiger partial charge in [0.15, 0.2) is 0 Å². The second kappa shape index (κ2) is 11.1. The van der Waals surface area contributed by atoms with Gasteiger partial charge in [-0.2, -0.15) is 0 Å². The van der Waals surface area contributed by atoms with Gasteiger partial charge < -0.3 is 9.47 Å². The lowest BCUT2D eigenvalue weighted by Crippen LogP contribution is -2.12. The SMILES string of the molecule is CCCCCCCCOC(=O)OCCCC(C)(C)C. The molecule has 0 aliphatic rings. The van der Waals surface area contributed by atoms with E-state index in [1.165, 1.54) is 25.7 Å². The average molecular weight is 272 g/mol. The van der Waals surface area contributed by atoms with Crippen molar-refractivity contribution in [3.05, 3.63) is 0 Å². The molecule has 0 amide bonds. The molecule has 0 unspecified atom stereocenters. The molecule has 0 spiro atoms. The van der Waals surface area contributed by atoms with Gasteiger partial charge >= 0.3 is 6.16 Å². The molecule has 0 aliphatic carbocycles. The van der Waals surface area contributed by atoms with E-state index in [4.69, 9.17) is 9.47 Å². The summed E-state index contributed by atoms with van der Waals surface area (Å²) >= 11 is 0. The topological polar surface area (TPSA) is 35.5 Å². The van der Waals surface area contributed by atoms with E-state index >= 15 is 0 Å². The minimum Gasteiger partial charge on any atom is -0.434 e. The van der Waals surface area contributed by atoms with Gasteiger partial charge in [-0.3, -0.25) is 0 Å². The Hall–Kier alpha value is -0.730. The summed E-state index contributed by atoms with van der Waals surface area (Å²) in [5.74, 6) is 0. The Morgan fingerprint density at radius 2 is 1.37 bits per heavy atom. The van der Waals surface area contributed by atoms with E-state index < -0.39 is 6.16 Å². The maximum Gasteiger partial charge on any atom is 0.508 e. The minimum atomic E-state index is -0.512. The standard InChI is InChI=1S/C16H32O3/c1-5-6-7-8-9-10-13-18-15(17)19-14-11-12-16(2,3)4/h5-14H2,1-4H3. The highest BCUT2D eigenvalue weighted by atomic mass is 16.7. The molecule has 0 rings (SSSR count). The fourth-order valence-corrected chi connectivity index (χ4v) is 1.84. The van der Waals surface area contributed by atoms with E-state index in [1.54, 1.807) is 0 Å². The molecule has 0 atom stereocenters. The number of carbonyl (C=O) groups is 1. The summed E-state index contributed by atoms with van der Waals surface area (Å²) < 4.78 is 10.0. The van der Waals surface area contributed by atoms with Gasteiger partial charge in [-0.15, -0.1) is 0 Å². The quantitative estimate of drug-likeness (QED) is 0.398. The van der Waals surface area contributed by atoms with Gasteiger partial charge in [0.2, 0.25) is 0 Å². The van der Waals surface area contributed by atoms with Crippen molar-refractivity contribution in [1.82, 2.24) is 0 Å². The van der Waals surface area contributed by atoms with Crippen LogP contribution in [0.3, 0.4) is 0 Å². The average Bonchev–Trinajstić information content (AvgIpc) is 2.32. The van der Waals surface area contributed by atoms with Gasteiger partial charge in [0, 0.05) is 0 Å². The van der Waals surface area contributed by atoms with E-state index in [2.05, 4.69) is 27.7 Å². The van der Waals surface area contributed by atoms with Crippen molar-refractivity contribution >= 4 is 6.16 Å². The molecule has 19 heavy (non-hydrogen) atoms. The van der Waals surface area contributed by atoms with Crippen LogP contribution in [0.5, 0.6) is 0 Å². The number of hydrogen-bond donors (Lipinski definition) is 0. The van der Waals surface area contributed by atoms with Gasteiger partial charge in [-0.25, -0.2) is 4.79 Å². The molecule has 0 aromatic carbocycles. The van der Waals surface area contributed by atoms with Gasteiger partial charge in [0.05, 0.1) is 13.2 Å². The second-order valence-corrected chi connectivity index (χ2v) is 6.38. The Morgan fingerprint density at radius 3 is 1.95 bits per heavy atom. The summed E-state index contributed by atoms with van der Waals surface area (Å²) in [6.45, 7) is 9.72. The Kier molecular flexibility index (Phi) is 10.7. The van der Waals surface area contributed by atoms with E-state index in [1.807, 2.05) is 0 Å². The van der Waals surface area contributed by atoms with Crippen molar-refractivity contribution in [2.75, 3.05) is 13.2 Å². The number of rotatable bonds is 10. The lowest BCUT2D eigenvalue weighted by atomic mass is 9.91. The predicted molar refractivity (Wildman–Crippen MR) is 79.4 cm³/mol. The van der Waals surface area contributed by atoms with Crippen molar-refractivity contribution in [3.8, 4) is 0 Å². The molecule has 114 valence electrons. The molecule has 3 heteroatoms. The Bertz CT molecular complexity index is 219. The third-order valence-corrected chi connectivity index (χ3v) is 3.01. The number of hydrogen-bond acceptors (Lipinski definition) is 3. The fraction of sp³-hybridized carbons (Fsp3) is 0.938. The lowest BCUT2D eigenvalue weighted by Gasteiger charge is -2.17. The van der Waals surface area contributed by atoms with Crippen molar-refractivity contribution < 1.29 is 14.3 Å². The van der Waals surface area contributed by atoms with Crippen molar-refractivity contribution in [3.63, 3.8) is 0 Å². The Morgan fingerprint density at radius 1 is 0.842 bits per heavy atom. The van der Waals surface area contributed by atoms with Crippen LogP contribution in [0.15, 0.2) is 0 Å². The number of carbonyl (C=O) groups excluding carboxylic acids is 1. The zero-order chi connectivity index (χ0) is 14.6. The van der Waals surface area contributed by atoms with Crippen molar-refractivity contribution in [2.45, 2.75) is 79.1 Å². The van der Waals surface area contributed by atoms with Gasteiger partial charge in [0.1, 0.15) is 0 Å². The van der Waals surface area contributed by atoms with E-state index in [-0.39, 0.29) is 0 Å². The highest BCUT2D eigenvalue weighted by molar-refractivity contribution is 5.59. The molecule has 0 bridgehead atoms. The van der Waals surface area contributed by atoms with Crippen LogP contribution >= 0.6 is 0 Å². The third kappa shape index (κ3) is 15.2. The summed E-state index contributed by atoms with van der Waals surface area (Å²) in [5, 5.41) is 0. The van der Waals surface area contributed by atoms with E-state index in [0.29, 0.717) is 18.6 Å². The highest BCUT2D eigenvalue weighted by Crippen LogP contribution is 2.20. The maximum absolute atomic E-state index is 11.3. The first-order valence-corrected chi connectivity index (χ1v) is 7.75. The zero-order valence-corrected chi connectivity index (χ0v) is 13.3. The summed E-state index contributed by atoms with van der Waals surface area (Å²) in [7, 11) is 0. The van der Waals surface area contributed by atoms with Crippen LogP contribution < -0.4 is 0 Å². The van der Waals surface area contributed by atoms with Crippen LogP contribution in [0.1, 0.15) is 79.1 Å². The fourth-order valence-electron chi connectivity index (χ4n) is 1.84. The molecule has 0 radical (unpaired) electrons. The van der Waals surface area contributed by atoms with Crippen LogP contribution in [0, 0.1) is 5.41 Å². The van der Waals surface area contributed by atoms with Crippen LogP contribution in [-0.2, 0) is 9.47 Å². The van der Waals surface area contributed by atoms with E-state index in [0.717, 1.165) is 25.7 Å². The van der Waals surface area contributed by atoms with Crippen molar-refractivity contribution in [1.29, 1.82) is 0 Å². The molecule has 0 heterocycles. The zero-order valence-electron chi connectivity index (χ0n) is 13.3. The monoisotopic (exact) mass is 272 g/mol. The van der Waals surface area contributed by atoms with Gasteiger partial charge in [-0.05, 0) is 24.7 Å². The Balaban J connectivity index is 3.26. The molecule has 0 saturated carbocycles. The molecule has 0 saturated heterocycles. The van der Waals surface area contributed by atoms with Gasteiger partial charge in [-0.1, -0.05) is 59.8 Å². The normalized spacial score (nSPS) is 11.4. The molecule has 0 aromatic rings. The van der Waals surface area contributed by atoms with Crippen LogP contribution in [0.25, 0.3) is 0 Å². The first-order valence-electron chi connectivity index (χ1n) is 7.75. The predicted octanol–water partition coefficient (Wildman–Crippen LogP) is 5.33. The van der Waals surface area contributed by atoms with Crippen LogP contribution in [0.4, 0.5) is 4.79 Å². The third-order valence-electron chi connectivity index (χ3n) is 3.01. The smallest absolute Gasteiger partial charge is 0.434 e.